The van der Waals surface area contributed by atoms with Crippen molar-refractivity contribution < 1.29 is 9.84 Å². The molecule has 0 aromatic heterocycles. The van der Waals surface area contributed by atoms with Gasteiger partial charge in [0, 0.05) is 0 Å². The van der Waals surface area contributed by atoms with Crippen LogP contribution in [-0.2, 0) is 11.3 Å². The summed E-state index contributed by atoms with van der Waals surface area (Å²) in [6.07, 6.45) is 4.23. The van der Waals surface area contributed by atoms with Crippen LogP contribution in [0.3, 0.4) is 0 Å². The smallest absolute Gasteiger partial charge is 0.0814 e. The van der Waals surface area contributed by atoms with E-state index in [4.69, 9.17) is 9.84 Å². The molecule has 0 spiro atoms. The molecule has 0 unspecified atom stereocenters. The first-order chi connectivity index (χ1) is 7.40. The zero-order valence-electron chi connectivity index (χ0n) is 8.73. The van der Waals surface area contributed by atoms with E-state index in [-0.39, 0.29) is 12.7 Å². The Morgan fingerprint density at radius 2 is 2.07 bits per heavy atom. The molecule has 80 valence electrons. The number of rotatable bonds is 4. The second-order valence-corrected chi connectivity index (χ2v) is 3.80. The summed E-state index contributed by atoms with van der Waals surface area (Å²) in [6.45, 7) is 0.752. The van der Waals surface area contributed by atoms with Gasteiger partial charge in [0.25, 0.3) is 0 Å². The van der Waals surface area contributed by atoms with Crippen LogP contribution in [0.2, 0.25) is 0 Å². The summed E-state index contributed by atoms with van der Waals surface area (Å²) in [7, 11) is 0. The highest BCUT2D eigenvalue weighted by molar-refractivity contribution is 5.16. The van der Waals surface area contributed by atoms with Crippen LogP contribution in [0.5, 0.6) is 0 Å². The average molecular weight is 204 g/mol. The lowest BCUT2D eigenvalue weighted by molar-refractivity contribution is 0.0585. The van der Waals surface area contributed by atoms with Crippen LogP contribution < -0.4 is 0 Å². The molecule has 1 aromatic carbocycles. The van der Waals surface area contributed by atoms with Gasteiger partial charge in [-0.15, -0.1) is 0 Å². The van der Waals surface area contributed by atoms with Crippen LogP contribution in [0.25, 0.3) is 0 Å². The predicted octanol–water partition coefficient (Wildman–Crippen LogP) is 2.28. The molecular weight excluding hydrogens is 188 g/mol. The summed E-state index contributed by atoms with van der Waals surface area (Å²) in [4.78, 5) is 0. The van der Waals surface area contributed by atoms with Crippen molar-refractivity contribution in [3.63, 3.8) is 0 Å². The van der Waals surface area contributed by atoms with Gasteiger partial charge in [0.2, 0.25) is 0 Å². The van der Waals surface area contributed by atoms with E-state index in [0.717, 1.165) is 18.4 Å². The topological polar surface area (TPSA) is 29.5 Å². The van der Waals surface area contributed by atoms with Crippen molar-refractivity contribution in [3.05, 3.63) is 47.5 Å². The number of hydrogen-bond acceptors (Lipinski definition) is 2. The van der Waals surface area contributed by atoms with Crippen molar-refractivity contribution in [2.24, 2.45) is 0 Å². The lowest BCUT2D eigenvalue weighted by Gasteiger charge is -2.14. The van der Waals surface area contributed by atoms with Crippen molar-refractivity contribution in [2.45, 2.75) is 25.6 Å². The zero-order valence-corrected chi connectivity index (χ0v) is 8.73. The lowest BCUT2D eigenvalue weighted by Crippen LogP contribution is -2.14. The maximum atomic E-state index is 9.09. The van der Waals surface area contributed by atoms with E-state index in [1.165, 1.54) is 5.56 Å². The quantitative estimate of drug-likeness (QED) is 0.762. The zero-order chi connectivity index (χ0) is 10.5. The summed E-state index contributed by atoms with van der Waals surface area (Å²) in [5.41, 5.74) is 2.22. The van der Waals surface area contributed by atoms with Gasteiger partial charge in [0.1, 0.15) is 0 Å². The van der Waals surface area contributed by atoms with Gasteiger partial charge >= 0.3 is 0 Å². The van der Waals surface area contributed by atoms with E-state index in [9.17, 15) is 0 Å². The molecule has 1 aliphatic carbocycles. The second-order valence-electron chi connectivity index (χ2n) is 3.80. The largest absolute Gasteiger partial charge is 0.392 e. The molecule has 0 fully saturated rings. The highest BCUT2D eigenvalue weighted by Crippen LogP contribution is 2.22. The van der Waals surface area contributed by atoms with E-state index in [1.807, 2.05) is 18.2 Å². The Balaban J connectivity index is 1.86. The Morgan fingerprint density at radius 1 is 1.27 bits per heavy atom. The molecule has 1 N–H and O–H groups in total. The summed E-state index contributed by atoms with van der Waals surface area (Å²) in [5.74, 6) is 0. The van der Waals surface area contributed by atoms with Gasteiger partial charge in [-0.1, -0.05) is 36.4 Å². The van der Waals surface area contributed by atoms with E-state index in [0.29, 0.717) is 6.61 Å². The molecule has 1 aromatic rings. The molecule has 0 radical (unpaired) electrons. The van der Waals surface area contributed by atoms with Crippen molar-refractivity contribution in [1.29, 1.82) is 0 Å². The Labute approximate surface area is 90.2 Å². The van der Waals surface area contributed by atoms with E-state index in [2.05, 4.69) is 18.2 Å². The molecule has 0 heterocycles. The molecule has 0 bridgehead atoms. The lowest BCUT2D eigenvalue weighted by atomic mass is 10.2. The van der Waals surface area contributed by atoms with Gasteiger partial charge in [0.05, 0.1) is 19.3 Å². The van der Waals surface area contributed by atoms with Crippen molar-refractivity contribution >= 4 is 0 Å². The molecule has 0 saturated heterocycles. The minimum atomic E-state index is 0.121. The standard InChI is InChI=1S/C13H16O2/c14-9-12-7-4-8-13(12)15-10-11-5-2-1-3-6-11/h1-3,5-7,13-14H,4,8-10H2/t13-/m0/s1. The third-order valence-corrected chi connectivity index (χ3v) is 2.73. The highest BCUT2D eigenvalue weighted by atomic mass is 16.5. The molecular formula is C13H16O2. The molecule has 0 amide bonds. The maximum Gasteiger partial charge on any atom is 0.0814 e. The van der Waals surface area contributed by atoms with Crippen LogP contribution in [0.15, 0.2) is 42.0 Å². The van der Waals surface area contributed by atoms with Crippen molar-refractivity contribution in [3.8, 4) is 0 Å². The van der Waals surface area contributed by atoms with E-state index in [1.54, 1.807) is 0 Å². The average Bonchev–Trinajstić information content (AvgIpc) is 2.75. The van der Waals surface area contributed by atoms with Gasteiger partial charge in [-0.25, -0.2) is 0 Å². The fraction of sp³-hybridized carbons (Fsp3) is 0.385. The molecule has 1 aliphatic rings. The number of aliphatic hydroxyl groups is 1. The SMILES string of the molecule is OCC1=CCC[C@@H]1OCc1ccccc1. The molecule has 2 heteroatoms. The molecule has 2 nitrogen and oxygen atoms in total. The Bertz CT molecular complexity index is 330. The van der Waals surface area contributed by atoms with Gasteiger partial charge in [-0.2, -0.15) is 0 Å². The van der Waals surface area contributed by atoms with Crippen molar-refractivity contribution in [1.82, 2.24) is 0 Å². The Hall–Kier alpha value is -1.12. The number of allylic oxidation sites excluding steroid dienone is 1. The number of aliphatic hydroxyl groups excluding tert-OH is 1. The fourth-order valence-electron chi connectivity index (χ4n) is 1.86. The van der Waals surface area contributed by atoms with Gasteiger partial charge in [0.15, 0.2) is 0 Å². The summed E-state index contributed by atoms with van der Waals surface area (Å²) in [6, 6.07) is 10.1. The van der Waals surface area contributed by atoms with Crippen LogP contribution in [-0.4, -0.2) is 17.8 Å². The molecule has 2 rings (SSSR count). The van der Waals surface area contributed by atoms with Crippen LogP contribution in [0, 0.1) is 0 Å². The fourth-order valence-corrected chi connectivity index (χ4v) is 1.86. The normalized spacial score (nSPS) is 20.3. The Kier molecular flexibility index (Phi) is 3.54. The first kappa shape index (κ1) is 10.4. The number of ether oxygens (including phenoxy) is 1. The minimum Gasteiger partial charge on any atom is -0.392 e. The van der Waals surface area contributed by atoms with E-state index < -0.39 is 0 Å². The third kappa shape index (κ3) is 2.67. The maximum absolute atomic E-state index is 9.09. The highest BCUT2D eigenvalue weighted by Gasteiger charge is 2.18. The molecule has 0 saturated carbocycles. The van der Waals surface area contributed by atoms with Gasteiger partial charge < -0.3 is 9.84 Å². The number of benzene rings is 1. The minimum absolute atomic E-state index is 0.121. The first-order valence-electron chi connectivity index (χ1n) is 5.35. The third-order valence-electron chi connectivity index (χ3n) is 2.73. The summed E-state index contributed by atoms with van der Waals surface area (Å²) >= 11 is 0. The van der Waals surface area contributed by atoms with Crippen LogP contribution >= 0.6 is 0 Å². The molecule has 1 atom stereocenters. The predicted molar refractivity (Wildman–Crippen MR) is 59.4 cm³/mol. The first-order valence-corrected chi connectivity index (χ1v) is 5.35. The molecule has 0 aliphatic heterocycles. The van der Waals surface area contributed by atoms with Crippen molar-refractivity contribution in [2.75, 3.05) is 6.61 Å². The molecule has 15 heavy (non-hydrogen) atoms. The summed E-state index contributed by atoms with van der Waals surface area (Å²) < 4.78 is 5.76. The second kappa shape index (κ2) is 5.10. The summed E-state index contributed by atoms with van der Waals surface area (Å²) in [5, 5.41) is 9.09. The number of hydrogen-bond donors (Lipinski definition) is 1. The van der Waals surface area contributed by atoms with E-state index >= 15 is 0 Å². The van der Waals surface area contributed by atoms with Crippen LogP contribution in [0.1, 0.15) is 18.4 Å². The van der Waals surface area contributed by atoms with Gasteiger partial charge in [-0.3, -0.25) is 0 Å². The Morgan fingerprint density at radius 3 is 2.80 bits per heavy atom. The monoisotopic (exact) mass is 204 g/mol. The van der Waals surface area contributed by atoms with Crippen LogP contribution in [0.4, 0.5) is 0 Å². The van der Waals surface area contributed by atoms with Gasteiger partial charge in [-0.05, 0) is 24.0 Å².